The second kappa shape index (κ2) is 4.91. The largest absolute Gasteiger partial charge is 0.493 e. The summed E-state index contributed by atoms with van der Waals surface area (Å²) in [6.07, 6.45) is -0.450. The van der Waals surface area contributed by atoms with Gasteiger partial charge in [0.1, 0.15) is 0 Å². The van der Waals surface area contributed by atoms with Crippen LogP contribution in [0.5, 0.6) is 11.5 Å². The number of rotatable bonds is 4. The van der Waals surface area contributed by atoms with Crippen molar-refractivity contribution < 1.29 is 23.9 Å². The number of nitrogens with zero attached hydrogens (tertiary/aromatic N) is 1. The van der Waals surface area contributed by atoms with Crippen LogP contribution in [0.1, 0.15) is 6.42 Å². The monoisotopic (exact) mass is 253 g/mol. The number of benzene rings is 1. The number of hydrogen-bond acceptors (Lipinski definition) is 6. The van der Waals surface area contributed by atoms with Crippen molar-refractivity contribution in [3.63, 3.8) is 0 Å². The van der Waals surface area contributed by atoms with Crippen LogP contribution < -0.4 is 9.47 Å². The lowest BCUT2D eigenvalue weighted by atomic mass is 10.2. The number of carbonyl (C=O) groups excluding carboxylic acids is 1. The van der Waals surface area contributed by atoms with Gasteiger partial charge >= 0.3 is 11.7 Å². The van der Waals surface area contributed by atoms with Gasteiger partial charge in [-0.05, 0) is 6.07 Å². The zero-order chi connectivity index (χ0) is 13.1. The van der Waals surface area contributed by atoms with Crippen molar-refractivity contribution in [1.29, 1.82) is 0 Å². The van der Waals surface area contributed by atoms with E-state index in [-0.39, 0.29) is 23.8 Å². The fourth-order valence-electron chi connectivity index (χ4n) is 1.65. The van der Waals surface area contributed by atoms with E-state index in [0.29, 0.717) is 6.42 Å². The first-order chi connectivity index (χ1) is 8.63. The molecule has 96 valence electrons. The van der Waals surface area contributed by atoms with E-state index in [9.17, 15) is 14.9 Å². The second-order valence-corrected chi connectivity index (χ2v) is 3.63. The van der Waals surface area contributed by atoms with Gasteiger partial charge in [0.05, 0.1) is 18.6 Å². The van der Waals surface area contributed by atoms with Crippen LogP contribution >= 0.6 is 0 Å². The SMILES string of the molecule is COc1cccc([N+](=O)[O-])c1OC1CCOC1=O. The molecular formula is C11H11NO6. The number of ether oxygens (including phenoxy) is 3. The molecule has 1 aliphatic heterocycles. The predicted octanol–water partition coefficient (Wildman–Crippen LogP) is 1.30. The highest BCUT2D eigenvalue weighted by atomic mass is 16.6. The van der Waals surface area contributed by atoms with Crippen LogP contribution in [0.4, 0.5) is 5.69 Å². The Balaban J connectivity index is 2.34. The second-order valence-electron chi connectivity index (χ2n) is 3.63. The molecule has 2 rings (SSSR count). The maximum atomic E-state index is 11.3. The molecule has 1 aromatic carbocycles. The van der Waals surface area contributed by atoms with Gasteiger partial charge in [0.15, 0.2) is 11.9 Å². The fourth-order valence-corrected chi connectivity index (χ4v) is 1.65. The van der Waals surface area contributed by atoms with E-state index in [1.165, 1.54) is 25.3 Å². The highest BCUT2D eigenvalue weighted by molar-refractivity contribution is 5.77. The van der Waals surface area contributed by atoms with Crippen molar-refractivity contribution in [3.05, 3.63) is 28.3 Å². The van der Waals surface area contributed by atoms with Gasteiger partial charge in [0, 0.05) is 12.5 Å². The zero-order valence-electron chi connectivity index (χ0n) is 9.62. The predicted molar refractivity (Wildman–Crippen MR) is 59.6 cm³/mol. The lowest BCUT2D eigenvalue weighted by Crippen LogP contribution is -2.22. The summed E-state index contributed by atoms with van der Waals surface area (Å²) >= 11 is 0. The molecule has 7 heteroatoms. The molecule has 1 fully saturated rings. The number of methoxy groups -OCH3 is 1. The fraction of sp³-hybridized carbons (Fsp3) is 0.364. The smallest absolute Gasteiger partial charge is 0.347 e. The van der Waals surface area contributed by atoms with Crippen molar-refractivity contribution in [2.45, 2.75) is 12.5 Å². The van der Waals surface area contributed by atoms with E-state index < -0.39 is 17.0 Å². The summed E-state index contributed by atoms with van der Waals surface area (Å²) in [5.41, 5.74) is -0.242. The minimum Gasteiger partial charge on any atom is -0.493 e. The van der Waals surface area contributed by atoms with Crippen LogP contribution in [0.15, 0.2) is 18.2 Å². The Kier molecular flexibility index (Phi) is 3.31. The Labute approximate surface area is 102 Å². The van der Waals surface area contributed by atoms with Gasteiger partial charge in [-0.1, -0.05) is 6.07 Å². The molecule has 0 amide bonds. The molecule has 0 N–H and O–H groups in total. The van der Waals surface area contributed by atoms with E-state index in [0.717, 1.165) is 0 Å². The van der Waals surface area contributed by atoms with Gasteiger partial charge in [-0.2, -0.15) is 0 Å². The first-order valence-corrected chi connectivity index (χ1v) is 5.28. The molecule has 1 atom stereocenters. The summed E-state index contributed by atoms with van der Waals surface area (Å²) in [5, 5.41) is 10.9. The maximum Gasteiger partial charge on any atom is 0.347 e. The number of para-hydroxylation sites is 1. The van der Waals surface area contributed by atoms with Gasteiger partial charge < -0.3 is 14.2 Å². The van der Waals surface area contributed by atoms with Crippen LogP contribution in [0.25, 0.3) is 0 Å². The summed E-state index contributed by atoms with van der Waals surface area (Å²) in [5.74, 6) is -0.354. The first kappa shape index (κ1) is 12.2. The van der Waals surface area contributed by atoms with Crippen molar-refractivity contribution in [3.8, 4) is 11.5 Å². The maximum absolute atomic E-state index is 11.3. The average Bonchev–Trinajstić information content (AvgIpc) is 2.75. The lowest BCUT2D eigenvalue weighted by molar-refractivity contribution is -0.386. The quantitative estimate of drug-likeness (QED) is 0.456. The standard InChI is InChI=1S/C11H11NO6/c1-16-8-4-2-3-7(12(14)15)10(8)18-9-5-6-17-11(9)13/h2-4,9H,5-6H2,1H3. The number of nitro groups is 1. The van der Waals surface area contributed by atoms with Gasteiger partial charge in [0.2, 0.25) is 5.75 Å². The first-order valence-electron chi connectivity index (χ1n) is 5.28. The molecular weight excluding hydrogens is 242 g/mol. The summed E-state index contributed by atoms with van der Waals surface area (Å²) in [6.45, 7) is 0.256. The normalized spacial score (nSPS) is 18.3. The molecule has 0 bridgehead atoms. The zero-order valence-corrected chi connectivity index (χ0v) is 9.62. The van der Waals surface area contributed by atoms with Crippen molar-refractivity contribution in [2.75, 3.05) is 13.7 Å². The Morgan fingerprint density at radius 3 is 2.83 bits per heavy atom. The molecule has 7 nitrogen and oxygen atoms in total. The number of nitro benzene ring substituents is 1. The minimum atomic E-state index is -0.819. The Hall–Kier alpha value is -2.31. The number of cyclic esters (lactones) is 1. The van der Waals surface area contributed by atoms with E-state index >= 15 is 0 Å². The molecule has 18 heavy (non-hydrogen) atoms. The van der Waals surface area contributed by atoms with E-state index in [1.807, 2.05) is 0 Å². The molecule has 0 aliphatic carbocycles. The topological polar surface area (TPSA) is 87.9 Å². The average molecular weight is 253 g/mol. The molecule has 1 aliphatic rings. The number of carbonyl (C=O) groups is 1. The van der Waals surface area contributed by atoms with Crippen molar-refractivity contribution in [2.24, 2.45) is 0 Å². The number of hydrogen-bond donors (Lipinski definition) is 0. The molecule has 0 aromatic heterocycles. The Morgan fingerprint density at radius 2 is 2.28 bits per heavy atom. The Morgan fingerprint density at radius 1 is 1.50 bits per heavy atom. The van der Waals surface area contributed by atoms with Crippen LogP contribution in [0, 0.1) is 10.1 Å². The van der Waals surface area contributed by atoms with Gasteiger partial charge in [-0.15, -0.1) is 0 Å². The van der Waals surface area contributed by atoms with Crippen molar-refractivity contribution in [1.82, 2.24) is 0 Å². The van der Waals surface area contributed by atoms with Gasteiger partial charge in [-0.25, -0.2) is 4.79 Å². The van der Waals surface area contributed by atoms with E-state index in [2.05, 4.69) is 0 Å². The molecule has 0 saturated carbocycles. The van der Waals surface area contributed by atoms with Crippen LogP contribution in [-0.2, 0) is 9.53 Å². The van der Waals surface area contributed by atoms with Gasteiger partial charge in [0.25, 0.3) is 0 Å². The van der Waals surface area contributed by atoms with E-state index in [4.69, 9.17) is 14.2 Å². The highest BCUT2D eigenvalue weighted by Gasteiger charge is 2.32. The van der Waals surface area contributed by atoms with E-state index in [1.54, 1.807) is 0 Å². The third-order valence-corrected chi connectivity index (χ3v) is 2.52. The summed E-state index contributed by atoms with van der Waals surface area (Å²) in [4.78, 5) is 21.6. The third kappa shape index (κ3) is 2.20. The third-order valence-electron chi connectivity index (χ3n) is 2.52. The molecule has 1 saturated heterocycles. The van der Waals surface area contributed by atoms with Crippen LogP contribution in [0.3, 0.4) is 0 Å². The minimum absolute atomic E-state index is 0.0474. The molecule has 0 radical (unpaired) electrons. The summed E-state index contributed by atoms with van der Waals surface area (Å²) in [6, 6.07) is 4.30. The van der Waals surface area contributed by atoms with Crippen molar-refractivity contribution >= 4 is 11.7 Å². The molecule has 0 spiro atoms. The molecule has 1 unspecified atom stereocenters. The van der Waals surface area contributed by atoms with Gasteiger partial charge in [-0.3, -0.25) is 10.1 Å². The highest BCUT2D eigenvalue weighted by Crippen LogP contribution is 2.38. The van der Waals surface area contributed by atoms with Crippen LogP contribution in [0.2, 0.25) is 0 Å². The summed E-state index contributed by atoms with van der Waals surface area (Å²) < 4.78 is 15.1. The molecule has 1 aromatic rings. The molecule has 1 heterocycles. The summed E-state index contributed by atoms with van der Waals surface area (Å²) in [7, 11) is 1.37. The lowest BCUT2D eigenvalue weighted by Gasteiger charge is -2.13. The number of esters is 1. The van der Waals surface area contributed by atoms with Crippen LogP contribution in [-0.4, -0.2) is 30.7 Å². The Bertz CT molecular complexity index is 486.